The van der Waals surface area contributed by atoms with Crippen LogP contribution in [0.3, 0.4) is 0 Å². The Morgan fingerprint density at radius 1 is 1.10 bits per heavy atom. The molecule has 3 heterocycles. The van der Waals surface area contributed by atoms with Crippen molar-refractivity contribution in [2.24, 2.45) is 5.41 Å². The number of hydrogen-bond acceptors (Lipinski definition) is 3. The summed E-state index contributed by atoms with van der Waals surface area (Å²) in [4.78, 5) is 18.8. The molecule has 1 aliphatic heterocycles. The summed E-state index contributed by atoms with van der Waals surface area (Å²) >= 11 is 0. The van der Waals surface area contributed by atoms with Crippen LogP contribution in [0.5, 0.6) is 0 Å². The SMILES string of the molecule is CN1Cc2ccc(-c3ncccc3-c3cnn(CC4(C)CCCC4)c3)cc2C1=O. The van der Waals surface area contributed by atoms with Crippen LogP contribution in [0.25, 0.3) is 22.4 Å². The lowest BCUT2D eigenvalue weighted by atomic mass is 9.89. The van der Waals surface area contributed by atoms with Gasteiger partial charge in [-0.3, -0.25) is 14.5 Å². The zero-order valence-corrected chi connectivity index (χ0v) is 17.1. The second kappa shape index (κ2) is 6.83. The summed E-state index contributed by atoms with van der Waals surface area (Å²) in [7, 11) is 1.84. The van der Waals surface area contributed by atoms with Crippen LogP contribution in [0.2, 0.25) is 0 Å². The molecule has 0 unspecified atom stereocenters. The van der Waals surface area contributed by atoms with Gasteiger partial charge in [0.25, 0.3) is 5.91 Å². The minimum Gasteiger partial charge on any atom is -0.337 e. The minimum atomic E-state index is 0.0805. The standard InChI is InChI=1S/C24H26N4O/c1-24(9-3-4-10-24)16-28-15-19(13-26-28)20-6-5-11-25-22(20)17-7-8-18-14-27(2)23(29)21(18)12-17/h5-8,11-13,15H,3-4,9-10,14,16H2,1-2H3. The molecule has 1 aliphatic carbocycles. The van der Waals surface area contributed by atoms with Crippen LogP contribution in [0.1, 0.15) is 48.5 Å². The molecule has 0 radical (unpaired) electrons. The average Bonchev–Trinajstić information content (AvgIpc) is 3.43. The summed E-state index contributed by atoms with van der Waals surface area (Å²) in [5, 5.41) is 4.64. The minimum absolute atomic E-state index is 0.0805. The van der Waals surface area contributed by atoms with Crippen molar-refractivity contribution in [1.29, 1.82) is 0 Å². The molecule has 0 spiro atoms. The summed E-state index contributed by atoms with van der Waals surface area (Å²) in [6.07, 6.45) is 11.1. The van der Waals surface area contributed by atoms with Gasteiger partial charge in [0.2, 0.25) is 0 Å². The van der Waals surface area contributed by atoms with Crippen molar-refractivity contribution in [3.8, 4) is 22.4 Å². The van der Waals surface area contributed by atoms with Gasteiger partial charge < -0.3 is 4.90 Å². The molecule has 0 bridgehead atoms. The third-order valence-corrected chi connectivity index (χ3v) is 6.47. The Bertz CT molecular complexity index is 1080. The van der Waals surface area contributed by atoms with E-state index in [9.17, 15) is 4.79 Å². The zero-order chi connectivity index (χ0) is 20.0. The van der Waals surface area contributed by atoms with Crippen LogP contribution in [0, 0.1) is 5.41 Å². The number of pyridine rings is 1. The first-order valence-corrected chi connectivity index (χ1v) is 10.4. The summed E-state index contributed by atoms with van der Waals surface area (Å²) in [6.45, 7) is 4.01. The molecule has 1 amide bonds. The number of benzene rings is 1. The predicted molar refractivity (Wildman–Crippen MR) is 113 cm³/mol. The van der Waals surface area contributed by atoms with E-state index >= 15 is 0 Å². The first-order valence-electron chi connectivity index (χ1n) is 10.4. The van der Waals surface area contributed by atoms with Crippen molar-refractivity contribution in [2.45, 2.75) is 45.7 Å². The monoisotopic (exact) mass is 386 g/mol. The second-order valence-corrected chi connectivity index (χ2v) is 8.88. The lowest BCUT2D eigenvalue weighted by Gasteiger charge is -2.22. The first-order chi connectivity index (χ1) is 14.0. The Kier molecular flexibility index (Phi) is 4.26. The van der Waals surface area contributed by atoms with E-state index in [1.165, 1.54) is 25.7 Å². The molecule has 29 heavy (non-hydrogen) atoms. The van der Waals surface area contributed by atoms with E-state index in [2.05, 4.69) is 46.1 Å². The molecule has 2 aromatic heterocycles. The zero-order valence-electron chi connectivity index (χ0n) is 17.1. The molecule has 0 N–H and O–H groups in total. The highest BCUT2D eigenvalue weighted by molar-refractivity contribution is 5.99. The van der Waals surface area contributed by atoms with E-state index in [1.807, 2.05) is 31.6 Å². The molecule has 2 aliphatic rings. The fraction of sp³-hybridized carbons (Fsp3) is 0.375. The number of carbonyl (C=O) groups is 1. The Balaban J connectivity index is 1.49. The summed E-state index contributed by atoms with van der Waals surface area (Å²) in [5.74, 6) is 0.0805. The lowest BCUT2D eigenvalue weighted by molar-refractivity contribution is 0.0816. The summed E-state index contributed by atoms with van der Waals surface area (Å²) in [5.41, 5.74) is 6.20. The fourth-order valence-electron chi connectivity index (χ4n) is 4.83. The molecule has 148 valence electrons. The molecule has 5 nitrogen and oxygen atoms in total. The van der Waals surface area contributed by atoms with E-state index < -0.39 is 0 Å². The molecule has 5 rings (SSSR count). The molecule has 3 aromatic rings. The van der Waals surface area contributed by atoms with Crippen LogP contribution in [0.4, 0.5) is 0 Å². The lowest BCUT2D eigenvalue weighted by Crippen LogP contribution is -2.19. The molecular formula is C24H26N4O. The van der Waals surface area contributed by atoms with Crippen LogP contribution < -0.4 is 0 Å². The number of fused-ring (bicyclic) bond motifs is 1. The van der Waals surface area contributed by atoms with E-state index in [1.54, 1.807) is 4.90 Å². The van der Waals surface area contributed by atoms with E-state index in [0.29, 0.717) is 12.0 Å². The van der Waals surface area contributed by atoms with Gasteiger partial charge in [0.05, 0.1) is 11.9 Å². The van der Waals surface area contributed by atoms with Crippen molar-refractivity contribution >= 4 is 5.91 Å². The van der Waals surface area contributed by atoms with E-state index in [0.717, 1.165) is 40.1 Å². The highest BCUT2D eigenvalue weighted by Gasteiger charge is 2.29. The van der Waals surface area contributed by atoms with Gasteiger partial charge in [0.1, 0.15) is 0 Å². The highest BCUT2D eigenvalue weighted by Crippen LogP contribution is 2.39. The van der Waals surface area contributed by atoms with Gasteiger partial charge in [-0.25, -0.2) is 0 Å². The summed E-state index contributed by atoms with van der Waals surface area (Å²) in [6, 6.07) is 10.1. The van der Waals surface area contributed by atoms with Crippen LogP contribution in [-0.2, 0) is 13.1 Å². The topological polar surface area (TPSA) is 51.0 Å². The highest BCUT2D eigenvalue weighted by atomic mass is 16.2. The van der Waals surface area contributed by atoms with Crippen LogP contribution in [-0.4, -0.2) is 32.6 Å². The number of rotatable bonds is 4. The molecule has 1 fully saturated rings. The fourth-order valence-corrected chi connectivity index (χ4v) is 4.83. The van der Waals surface area contributed by atoms with Crippen LogP contribution >= 0.6 is 0 Å². The third kappa shape index (κ3) is 3.24. The number of hydrogen-bond donors (Lipinski definition) is 0. The van der Waals surface area contributed by atoms with E-state index in [-0.39, 0.29) is 5.91 Å². The van der Waals surface area contributed by atoms with Crippen molar-refractivity contribution in [3.63, 3.8) is 0 Å². The van der Waals surface area contributed by atoms with Gasteiger partial charge in [-0.2, -0.15) is 5.10 Å². The van der Waals surface area contributed by atoms with Gasteiger partial charge in [-0.1, -0.05) is 38.0 Å². The average molecular weight is 386 g/mol. The quantitative estimate of drug-likeness (QED) is 0.648. The molecule has 0 atom stereocenters. The van der Waals surface area contributed by atoms with Gasteiger partial charge in [-0.15, -0.1) is 0 Å². The van der Waals surface area contributed by atoms with Gasteiger partial charge in [-0.05, 0) is 36.0 Å². The maximum Gasteiger partial charge on any atom is 0.254 e. The first kappa shape index (κ1) is 18.1. The Labute approximate surface area is 171 Å². The maximum atomic E-state index is 12.4. The predicted octanol–water partition coefficient (Wildman–Crippen LogP) is 4.78. The number of amides is 1. The normalized spacial score (nSPS) is 17.7. The number of aromatic nitrogens is 3. The molecular weight excluding hydrogens is 360 g/mol. The molecule has 0 saturated heterocycles. The van der Waals surface area contributed by atoms with Gasteiger partial charge >= 0.3 is 0 Å². The molecule has 5 heteroatoms. The Morgan fingerprint density at radius 3 is 2.76 bits per heavy atom. The Morgan fingerprint density at radius 2 is 1.93 bits per heavy atom. The maximum absolute atomic E-state index is 12.4. The number of nitrogens with zero attached hydrogens (tertiary/aromatic N) is 4. The largest absolute Gasteiger partial charge is 0.337 e. The number of carbonyl (C=O) groups excluding carboxylic acids is 1. The van der Waals surface area contributed by atoms with E-state index in [4.69, 9.17) is 0 Å². The Hall–Kier alpha value is -2.95. The third-order valence-electron chi connectivity index (χ3n) is 6.47. The smallest absolute Gasteiger partial charge is 0.254 e. The van der Waals surface area contributed by atoms with Crippen molar-refractivity contribution in [3.05, 3.63) is 60.0 Å². The van der Waals surface area contributed by atoms with Crippen molar-refractivity contribution in [2.75, 3.05) is 7.05 Å². The van der Waals surface area contributed by atoms with Crippen molar-refractivity contribution in [1.82, 2.24) is 19.7 Å². The van der Waals surface area contributed by atoms with Gasteiger partial charge in [0.15, 0.2) is 0 Å². The van der Waals surface area contributed by atoms with Gasteiger partial charge in [0, 0.05) is 54.8 Å². The molecule has 1 aromatic carbocycles. The van der Waals surface area contributed by atoms with Crippen LogP contribution in [0.15, 0.2) is 48.9 Å². The second-order valence-electron chi connectivity index (χ2n) is 8.88. The van der Waals surface area contributed by atoms with Crippen molar-refractivity contribution < 1.29 is 4.79 Å². The summed E-state index contributed by atoms with van der Waals surface area (Å²) < 4.78 is 2.08. The molecule has 1 saturated carbocycles.